The summed E-state index contributed by atoms with van der Waals surface area (Å²) >= 11 is 12.1. The summed E-state index contributed by atoms with van der Waals surface area (Å²) in [6.07, 6.45) is 0. The lowest BCUT2D eigenvalue weighted by Gasteiger charge is -2.03. The Hall–Kier alpha value is 0.620. The number of rotatable bonds is 6. The van der Waals surface area contributed by atoms with E-state index in [0.29, 0.717) is 0 Å². The van der Waals surface area contributed by atoms with E-state index in [1.54, 1.807) is 0 Å². The minimum atomic E-state index is 0.929. The average molecular weight is 262 g/mol. The van der Waals surface area contributed by atoms with Crippen molar-refractivity contribution < 1.29 is 0 Å². The van der Waals surface area contributed by atoms with Gasteiger partial charge in [-0.25, -0.2) is 0 Å². The Bertz CT molecular complexity index is 239. The Morgan fingerprint density at radius 3 is 1.86 bits per heavy atom. The highest BCUT2D eigenvalue weighted by atomic mass is 32.2. The van der Waals surface area contributed by atoms with Crippen molar-refractivity contribution >= 4 is 48.8 Å². The van der Waals surface area contributed by atoms with E-state index >= 15 is 0 Å². The van der Waals surface area contributed by atoms with Gasteiger partial charge in [-0.3, -0.25) is 0 Å². The molecule has 1 aromatic carbocycles. The second-order valence-corrected chi connectivity index (χ2v) is 5.85. The molecule has 0 fully saturated rings. The van der Waals surface area contributed by atoms with Crippen LogP contribution in [0.4, 0.5) is 0 Å². The summed E-state index contributed by atoms with van der Waals surface area (Å²) in [7, 11) is 0. The molecule has 0 heterocycles. The van der Waals surface area contributed by atoms with Crippen LogP contribution < -0.4 is 0 Å². The van der Waals surface area contributed by atoms with E-state index in [4.69, 9.17) is 0 Å². The summed E-state index contributed by atoms with van der Waals surface area (Å²) in [5.41, 5.74) is 0. The smallest absolute Gasteiger partial charge is 0.00833 e. The van der Waals surface area contributed by atoms with Gasteiger partial charge in [0.15, 0.2) is 0 Å². The number of thioether (sulfide) groups is 2. The second-order valence-electron chi connectivity index (χ2n) is 2.62. The Labute approximate surface area is 105 Å². The maximum absolute atomic E-state index is 4.20. The van der Waals surface area contributed by atoms with E-state index in [2.05, 4.69) is 49.5 Å². The van der Waals surface area contributed by atoms with Gasteiger partial charge in [0.1, 0.15) is 0 Å². The van der Waals surface area contributed by atoms with Crippen molar-refractivity contribution in [2.75, 3.05) is 23.0 Å². The van der Waals surface area contributed by atoms with Crippen LogP contribution in [0.2, 0.25) is 0 Å². The first-order valence-electron chi connectivity index (χ1n) is 4.44. The molecular formula is C10H14S4. The van der Waals surface area contributed by atoms with E-state index in [9.17, 15) is 0 Å². The summed E-state index contributed by atoms with van der Waals surface area (Å²) in [6.45, 7) is 0. The highest BCUT2D eigenvalue weighted by Gasteiger charge is 1.96. The molecule has 0 spiro atoms. The Balaban J connectivity index is 2.50. The predicted molar refractivity (Wildman–Crippen MR) is 75.6 cm³/mol. The van der Waals surface area contributed by atoms with Crippen molar-refractivity contribution in [3.63, 3.8) is 0 Å². The van der Waals surface area contributed by atoms with Crippen molar-refractivity contribution in [1.29, 1.82) is 0 Å². The molecule has 0 saturated carbocycles. The molecule has 0 aliphatic heterocycles. The number of thiol groups is 2. The number of benzene rings is 1. The SMILES string of the molecule is SCCSc1cccc(SCCS)c1. The van der Waals surface area contributed by atoms with Gasteiger partial charge in [0.2, 0.25) is 0 Å². The zero-order valence-electron chi connectivity index (χ0n) is 7.85. The highest BCUT2D eigenvalue weighted by Crippen LogP contribution is 2.25. The molecule has 0 unspecified atom stereocenters. The molecule has 0 bridgehead atoms. The molecule has 0 aliphatic carbocycles. The van der Waals surface area contributed by atoms with E-state index < -0.39 is 0 Å². The molecule has 14 heavy (non-hydrogen) atoms. The van der Waals surface area contributed by atoms with Gasteiger partial charge in [-0.05, 0) is 29.7 Å². The Morgan fingerprint density at radius 1 is 0.929 bits per heavy atom. The Morgan fingerprint density at radius 2 is 1.43 bits per heavy atom. The summed E-state index contributed by atoms with van der Waals surface area (Å²) in [5, 5.41) is 0. The van der Waals surface area contributed by atoms with Gasteiger partial charge >= 0.3 is 0 Å². The number of hydrogen-bond acceptors (Lipinski definition) is 4. The van der Waals surface area contributed by atoms with Gasteiger partial charge in [-0.2, -0.15) is 25.3 Å². The van der Waals surface area contributed by atoms with Gasteiger partial charge in [0.25, 0.3) is 0 Å². The van der Waals surface area contributed by atoms with Crippen LogP contribution in [-0.4, -0.2) is 23.0 Å². The lowest BCUT2D eigenvalue weighted by Crippen LogP contribution is -1.82. The summed E-state index contributed by atoms with van der Waals surface area (Å²) < 4.78 is 0. The van der Waals surface area contributed by atoms with E-state index in [0.717, 1.165) is 23.0 Å². The monoisotopic (exact) mass is 262 g/mol. The number of hydrogen-bond donors (Lipinski definition) is 2. The molecule has 0 amide bonds. The minimum absolute atomic E-state index is 0.929. The van der Waals surface area contributed by atoms with E-state index in [1.165, 1.54) is 9.79 Å². The van der Waals surface area contributed by atoms with Crippen LogP contribution in [0.3, 0.4) is 0 Å². The molecule has 0 aromatic heterocycles. The van der Waals surface area contributed by atoms with Gasteiger partial charge in [0.05, 0.1) is 0 Å². The predicted octanol–water partition coefficient (Wildman–Crippen LogP) is 3.73. The van der Waals surface area contributed by atoms with Crippen LogP contribution in [0.1, 0.15) is 0 Å². The largest absolute Gasteiger partial charge is 0.178 e. The molecule has 0 aliphatic rings. The van der Waals surface area contributed by atoms with E-state index in [1.807, 2.05) is 23.5 Å². The van der Waals surface area contributed by atoms with Crippen LogP contribution in [0.25, 0.3) is 0 Å². The average Bonchev–Trinajstić information content (AvgIpc) is 2.24. The van der Waals surface area contributed by atoms with Crippen LogP contribution in [-0.2, 0) is 0 Å². The first-order chi connectivity index (χ1) is 6.86. The lowest BCUT2D eigenvalue weighted by molar-refractivity contribution is 1.32. The Kier molecular flexibility index (Phi) is 7.12. The van der Waals surface area contributed by atoms with Gasteiger partial charge in [-0.15, -0.1) is 23.5 Å². The van der Waals surface area contributed by atoms with Crippen molar-refractivity contribution in [3.8, 4) is 0 Å². The summed E-state index contributed by atoms with van der Waals surface area (Å²) in [5.74, 6) is 4.00. The maximum Gasteiger partial charge on any atom is 0.00833 e. The van der Waals surface area contributed by atoms with Gasteiger partial charge < -0.3 is 0 Å². The molecule has 0 N–H and O–H groups in total. The third kappa shape index (κ3) is 4.91. The fraction of sp³-hybridized carbons (Fsp3) is 0.400. The minimum Gasteiger partial charge on any atom is -0.178 e. The highest BCUT2D eigenvalue weighted by molar-refractivity contribution is 8.00. The molecule has 1 aromatic rings. The van der Waals surface area contributed by atoms with Crippen LogP contribution in [0.5, 0.6) is 0 Å². The second kappa shape index (κ2) is 7.85. The third-order valence-corrected chi connectivity index (χ3v) is 4.57. The van der Waals surface area contributed by atoms with Crippen molar-refractivity contribution in [1.82, 2.24) is 0 Å². The molecule has 78 valence electrons. The molecule has 4 heteroatoms. The maximum atomic E-state index is 4.20. The van der Waals surface area contributed by atoms with Crippen LogP contribution >= 0.6 is 48.8 Å². The first-order valence-corrected chi connectivity index (χ1v) is 7.68. The van der Waals surface area contributed by atoms with Crippen molar-refractivity contribution in [2.45, 2.75) is 9.79 Å². The van der Waals surface area contributed by atoms with Crippen molar-refractivity contribution in [3.05, 3.63) is 24.3 Å². The lowest BCUT2D eigenvalue weighted by atomic mass is 10.4. The van der Waals surface area contributed by atoms with E-state index in [-0.39, 0.29) is 0 Å². The van der Waals surface area contributed by atoms with Crippen LogP contribution in [0.15, 0.2) is 34.1 Å². The fourth-order valence-corrected chi connectivity index (χ4v) is 3.03. The standard InChI is InChI=1S/C10H14S4/c11-4-6-13-9-2-1-3-10(8-9)14-7-5-12/h1-3,8,11-12H,4-7H2. The third-order valence-electron chi connectivity index (χ3n) is 1.53. The van der Waals surface area contributed by atoms with Gasteiger partial charge in [0, 0.05) is 21.3 Å². The van der Waals surface area contributed by atoms with Crippen molar-refractivity contribution in [2.24, 2.45) is 0 Å². The molecule has 0 saturated heterocycles. The molecule has 1 rings (SSSR count). The topological polar surface area (TPSA) is 0 Å². The normalized spacial score (nSPS) is 10.4. The van der Waals surface area contributed by atoms with Crippen LogP contribution in [0, 0.1) is 0 Å². The molecule has 0 atom stereocenters. The van der Waals surface area contributed by atoms with Gasteiger partial charge in [-0.1, -0.05) is 6.07 Å². The zero-order valence-corrected chi connectivity index (χ0v) is 11.3. The summed E-state index contributed by atoms with van der Waals surface area (Å²) in [4.78, 5) is 2.67. The molecule has 0 nitrogen and oxygen atoms in total. The first kappa shape index (κ1) is 12.7. The molecule has 0 radical (unpaired) electrons. The molecular weight excluding hydrogens is 248 g/mol. The summed E-state index contributed by atoms with van der Waals surface area (Å²) in [6, 6.07) is 8.65. The zero-order chi connectivity index (χ0) is 10.2. The quantitative estimate of drug-likeness (QED) is 0.592. The fourth-order valence-electron chi connectivity index (χ4n) is 0.981.